The molecule has 0 amide bonds. The van der Waals surface area contributed by atoms with Crippen LogP contribution in [-0.4, -0.2) is 36.6 Å². The van der Waals surface area contributed by atoms with Crippen LogP contribution in [0.15, 0.2) is 0 Å². The fourth-order valence-corrected chi connectivity index (χ4v) is 1.35. The second-order valence-corrected chi connectivity index (χ2v) is 2.72. The van der Waals surface area contributed by atoms with Gasteiger partial charge in [0.05, 0.1) is 12.2 Å². The summed E-state index contributed by atoms with van der Waals surface area (Å²) >= 11 is 0. The Kier molecular flexibility index (Phi) is 3.30. The molecule has 0 spiro atoms. The van der Waals surface area contributed by atoms with E-state index in [1.165, 1.54) is 0 Å². The summed E-state index contributed by atoms with van der Waals surface area (Å²) in [5.74, 6) is 0. The second kappa shape index (κ2) is 4.04. The third-order valence-electron chi connectivity index (χ3n) is 1.96. The molecule has 1 N–H and O–H groups in total. The van der Waals surface area contributed by atoms with Crippen LogP contribution >= 0.6 is 0 Å². The van der Waals surface area contributed by atoms with Gasteiger partial charge in [-0.1, -0.05) is 0 Å². The van der Waals surface area contributed by atoms with Gasteiger partial charge in [-0.3, -0.25) is 0 Å². The summed E-state index contributed by atoms with van der Waals surface area (Å²) in [5, 5.41) is 9.23. The minimum Gasteiger partial charge on any atom is -0.390 e. The third kappa shape index (κ3) is 1.92. The maximum atomic E-state index is 9.23. The van der Waals surface area contributed by atoms with Gasteiger partial charge in [-0.25, -0.2) is 0 Å². The molecule has 0 bridgehead atoms. The van der Waals surface area contributed by atoms with Gasteiger partial charge in [-0.05, 0) is 13.8 Å². The van der Waals surface area contributed by atoms with Crippen molar-refractivity contribution in [2.24, 2.45) is 0 Å². The van der Waals surface area contributed by atoms with Crippen LogP contribution in [0, 0.1) is 0 Å². The van der Waals surface area contributed by atoms with Crippen molar-refractivity contribution in [3.05, 3.63) is 0 Å². The summed E-state index contributed by atoms with van der Waals surface area (Å²) in [6.07, 6.45) is 0.444. The van der Waals surface area contributed by atoms with Crippen LogP contribution in [0.4, 0.5) is 0 Å². The van der Waals surface area contributed by atoms with Crippen LogP contribution in [0.3, 0.4) is 0 Å². The molecule has 3 nitrogen and oxygen atoms in total. The van der Waals surface area contributed by atoms with Crippen molar-refractivity contribution in [1.29, 1.82) is 0 Å². The Morgan fingerprint density at radius 1 is 1.27 bits per heavy atom. The lowest BCUT2D eigenvalue weighted by atomic mass is 9.88. The molecular weight excluding hydrogens is 144 g/mol. The molecule has 0 saturated heterocycles. The fraction of sp³-hybridized carbons (Fsp3) is 1.00. The first-order valence-corrected chi connectivity index (χ1v) is 4.20. The summed E-state index contributed by atoms with van der Waals surface area (Å²) in [6, 6.07) is 0. The van der Waals surface area contributed by atoms with E-state index in [1.807, 2.05) is 13.8 Å². The highest BCUT2D eigenvalue weighted by molar-refractivity contribution is 4.91. The zero-order valence-corrected chi connectivity index (χ0v) is 7.12. The van der Waals surface area contributed by atoms with E-state index in [9.17, 15) is 5.11 Å². The predicted octanol–water partition coefficient (Wildman–Crippen LogP) is 0.561. The van der Waals surface area contributed by atoms with Crippen molar-refractivity contribution < 1.29 is 14.6 Å². The summed E-state index contributed by atoms with van der Waals surface area (Å²) in [6.45, 7) is 5.22. The van der Waals surface area contributed by atoms with Crippen molar-refractivity contribution in [3.63, 3.8) is 0 Å². The first-order chi connectivity index (χ1) is 5.29. The highest BCUT2D eigenvalue weighted by atomic mass is 16.6. The quantitative estimate of drug-likeness (QED) is 0.653. The number of aliphatic hydroxyl groups excluding tert-OH is 1. The van der Waals surface area contributed by atoms with E-state index in [4.69, 9.17) is 9.47 Å². The number of rotatable bonds is 4. The van der Waals surface area contributed by atoms with Crippen molar-refractivity contribution in [2.45, 2.75) is 38.6 Å². The molecule has 0 aliphatic heterocycles. The lowest BCUT2D eigenvalue weighted by Gasteiger charge is -2.40. The molecule has 0 aromatic rings. The molecule has 3 unspecified atom stereocenters. The van der Waals surface area contributed by atoms with Crippen molar-refractivity contribution in [1.82, 2.24) is 0 Å². The molecule has 1 fully saturated rings. The van der Waals surface area contributed by atoms with Gasteiger partial charge in [0.15, 0.2) is 0 Å². The van der Waals surface area contributed by atoms with Crippen LogP contribution in [-0.2, 0) is 9.47 Å². The van der Waals surface area contributed by atoms with Gasteiger partial charge in [-0.2, -0.15) is 0 Å². The van der Waals surface area contributed by atoms with E-state index in [0.717, 1.165) is 6.42 Å². The van der Waals surface area contributed by atoms with E-state index in [0.29, 0.717) is 13.2 Å². The predicted molar refractivity (Wildman–Crippen MR) is 41.5 cm³/mol. The normalized spacial score (nSPS) is 36.8. The van der Waals surface area contributed by atoms with E-state index in [2.05, 4.69) is 0 Å². The first-order valence-electron chi connectivity index (χ1n) is 4.20. The molecule has 0 radical (unpaired) electrons. The lowest BCUT2D eigenvalue weighted by Crippen LogP contribution is -2.53. The summed E-state index contributed by atoms with van der Waals surface area (Å²) in [7, 11) is 0. The molecule has 3 heteroatoms. The van der Waals surface area contributed by atoms with Crippen molar-refractivity contribution >= 4 is 0 Å². The van der Waals surface area contributed by atoms with Gasteiger partial charge in [0.25, 0.3) is 0 Å². The minimum atomic E-state index is -0.313. The minimum absolute atomic E-state index is 0.0834. The Morgan fingerprint density at radius 2 is 1.91 bits per heavy atom. The molecule has 66 valence electrons. The Morgan fingerprint density at radius 3 is 2.36 bits per heavy atom. The zero-order valence-electron chi connectivity index (χ0n) is 7.12. The van der Waals surface area contributed by atoms with E-state index < -0.39 is 0 Å². The zero-order chi connectivity index (χ0) is 8.27. The maximum Gasteiger partial charge on any atom is 0.110 e. The van der Waals surface area contributed by atoms with Gasteiger partial charge >= 0.3 is 0 Å². The molecule has 1 aliphatic rings. The number of hydrogen-bond acceptors (Lipinski definition) is 3. The van der Waals surface area contributed by atoms with E-state index in [1.54, 1.807) is 0 Å². The third-order valence-corrected chi connectivity index (χ3v) is 1.96. The average molecular weight is 160 g/mol. The van der Waals surface area contributed by atoms with Gasteiger partial charge in [0, 0.05) is 19.6 Å². The topological polar surface area (TPSA) is 38.7 Å². The monoisotopic (exact) mass is 160 g/mol. The highest BCUT2D eigenvalue weighted by Crippen LogP contribution is 2.26. The highest BCUT2D eigenvalue weighted by Gasteiger charge is 2.41. The summed E-state index contributed by atoms with van der Waals surface area (Å²) < 4.78 is 10.6. The SMILES string of the molecule is CCOC1CC(O)C1OCC. The Bertz CT molecular complexity index is 114. The standard InChI is InChI=1S/C8H16O3/c1-3-10-7-5-6(9)8(7)11-4-2/h6-9H,3-5H2,1-2H3. The van der Waals surface area contributed by atoms with E-state index in [-0.39, 0.29) is 18.3 Å². The molecular formula is C8H16O3. The Balaban J connectivity index is 2.23. The number of aliphatic hydroxyl groups is 1. The van der Waals surface area contributed by atoms with Crippen LogP contribution in [0.5, 0.6) is 0 Å². The van der Waals surface area contributed by atoms with Crippen molar-refractivity contribution in [3.8, 4) is 0 Å². The largest absolute Gasteiger partial charge is 0.390 e. The fourth-order valence-electron chi connectivity index (χ4n) is 1.35. The molecule has 1 aliphatic carbocycles. The smallest absolute Gasteiger partial charge is 0.110 e. The summed E-state index contributed by atoms with van der Waals surface area (Å²) in [4.78, 5) is 0. The molecule has 1 rings (SSSR count). The van der Waals surface area contributed by atoms with Crippen molar-refractivity contribution in [2.75, 3.05) is 13.2 Å². The average Bonchev–Trinajstić information content (AvgIpc) is 2.00. The van der Waals surface area contributed by atoms with Gasteiger partial charge in [0.2, 0.25) is 0 Å². The van der Waals surface area contributed by atoms with Gasteiger partial charge in [-0.15, -0.1) is 0 Å². The molecule has 3 atom stereocenters. The van der Waals surface area contributed by atoms with Crippen LogP contribution < -0.4 is 0 Å². The number of hydrogen-bond donors (Lipinski definition) is 1. The molecule has 11 heavy (non-hydrogen) atoms. The van der Waals surface area contributed by atoms with Gasteiger partial charge < -0.3 is 14.6 Å². The lowest BCUT2D eigenvalue weighted by molar-refractivity contribution is -0.188. The van der Waals surface area contributed by atoms with Crippen LogP contribution in [0.25, 0.3) is 0 Å². The molecule has 0 aromatic heterocycles. The van der Waals surface area contributed by atoms with E-state index >= 15 is 0 Å². The maximum absolute atomic E-state index is 9.23. The van der Waals surface area contributed by atoms with Crippen LogP contribution in [0.1, 0.15) is 20.3 Å². The molecule has 1 saturated carbocycles. The Labute approximate surface area is 67.3 Å². The molecule has 0 heterocycles. The Hall–Kier alpha value is -0.120. The van der Waals surface area contributed by atoms with Crippen LogP contribution in [0.2, 0.25) is 0 Å². The first kappa shape index (κ1) is 8.97. The second-order valence-electron chi connectivity index (χ2n) is 2.72. The van der Waals surface area contributed by atoms with Gasteiger partial charge in [0.1, 0.15) is 6.10 Å². The molecule has 0 aromatic carbocycles. The number of ether oxygens (including phenoxy) is 2. The summed E-state index contributed by atoms with van der Waals surface area (Å²) in [5.41, 5.74) is 0.